The fourth-order valence-electron chi connectivity index (χ4n) is 1.63. The molecule has 4 nitrogen and oxygen atoms in total. The molecule has 0 aliphatic rings. The van der Waals surface area contributed by atoms with Crippen molar-refractivity contribution in [3.8, 4) is 0 Å². The Balaban J connectivity index is 2.64. The number of unbranched alkanes of at least 4 members (excludes halogenated alkanes) is 2. The summed E-state index contributed by atoms with van der Waals surface area (Å²) in [5.74, 6) is 0. The Kier molecular flexibility index (Phi) is 6.25. The average Bonchev–Trinajstić information content (AvgIpc) is 2.28. The molecule has 0 spiro atoms. The summed E-state index contributed by atoms with van der Waals surface area (Å²) in [6.45, 7) is 4.01. The van der Waals surface area contributed by atoms with Gasteiger partial charge in [0.2, 0.25) is 10.0 Å². The fraction of sp³-hybridized carbons (Fsp3) is 0.583. The molecule has 6 heteroatoms. The third-order valence-electron chi connectivity index (χ3n) is 2.59. The van der Waals surface area contributed by atoms with Gasteiger partial charge in [-0.2, -0.15) is 0 Å². The fourth-order valence-corrected chi connectivity index (χ4v) is 3.41. The molecule has 1 aromatic rings. The Morgan fingerprint density at radius 1 is 1.39 bits per heavy atom. The van der Waals surface area contributed by atoms with E-state index in [0.29, 0.717) is 4.47 Å². The zero-order valence-corrected chi connectivity index (χ0v) is 13.1. The lowest BCUT2D eigenvalue weighted by atomic mass is 10.1. The van der Waals surface area contributed by atoms with Crippen molar-refractivity contribution >= 4 is 26.0 Å². The first-order valence-corrected chi connectivity index (χ1v) is 8.36. The SMILES string of the molecule is CCCCCC(C)NS(=O)(=O)c1cncc(Br)c1. The maximum atomic E-state index is 12.1. The van der Waals surface area contributed by atoms with Crippen LogP contribution in [0.15, 0.2) is 27.8 Å². The number of nitrogens with one attached hydrogen (secondary N) is 1. The summed E-state index contributed by atoms with van der Waals surface area (Å²) >= 11 is 3.22. The Labute approximate surface area is 117 Å². The molecule has 1 heterocycles. The molecule has 0 bridgehead atoms. The minimum Gasteiger partial charge on any atom is -0.262 e. The minimum absolute atomic E-state index is 0.0551. The van der Waals surface area contributed by atoms with E-state index < -0.39 is 10.0 Å². The molecule has 0 fully saturated rings. The normalized spacial score (nSPS) is 13.5. The molecule has 1 N–H and O–H groups in total. The summed E-state index contributed by atoms with van der Waals surface area (Å²) in [4.78, 5) is 4.06. The lowest BCUT2D eigenvalue weighted by Crippen LogP contribution is -2.32. The highest BCUT2D eigenvalue weighted by atomic mass is 79.9. The van der Waals surface area contributed by atoms with E-state index in [-0.39, 0.29) is 10.9 Å². The smallest absolute Gasteiger partial charge is 0.242 e. The quantitative estimate of drug-likeness (QED) is 0.779. The monoisotopic (exact) mass is 334 g/mol. The summed E-state index contributed by atoms with van der Waals surface area (Å²) in [6, 6.07) is 1.49. The van der Waals surface area contributed by atoms with Crippen LogP contribution in [-0.2, 0) is 10.0 Å². The van der Waals surface area contributed by atoms with Gasteiger partial charge in [-0.25, -0.2) is 13.1 Å². The maximum absolute atomic E-state index is 12.1. The lowest BCUT2D eigenvalue weighted by Gasteiger charge is -2.13. The van der Waals surface area contributed by atoms with E-state index in [2.05, 4.69) is 32.6 Å². The van der Waals surface area contributed by atoms with Gasteiger partial charge in [-0.3, -0.25) is 4.98 Å². The molecule has 0 amide bonds. The van der Waals surface area contributed by atoms with Crippen LogP contribution in [0.4, 0.5) is 0 Å². The van der Waals surface area contributed by atoms with Crippen molar-refractivity contribution in [3.05, 3.63) is 22.9 Å². The van der Waals surface area contributed by atoms with Gasteiger partial charge in [0.05, 0.1) is 0 Å². The van der Waals surface area contributed by atoms with Crippen molar-refractivity contribution < 1.29 is 8.42 Å². The number of hydrogen-bond acceptors (Lipinski definition) is 3. The third kappa shape index (κ3) is 5.04. The highest BCUT2D eigenvalue weighted by molar-refractivity contribution is 9.10. The van der Waals surface area contributed by atoms with Crippen molar-refractivity contribution in [1.82, 2.24) is 9.71 Å². The molecular weight excluding hydrogens is 316 g/mol. The van der Waals surface area contributed by atoms with E-state index in [4.69, 9.17) is 0 Å². The van der Waals surface area contributed by atoms with E-state index in [1.807, 2.05) is 6.92 Å². The number of pyridine rings is 1. The highest BCUT2D eigenvalue weighted by Gasteiger charge is 2.17. The molecule has 0 saturated heterocycles. The standard InChI is InChI=1S/C12H19BrN2O2S/c1-3-4-5-6-10(2)15-18(16,17)12-7-11(13)8-14-9-12/h7-10,15H,3-6H2,1-2H3. The van der Waals surface area contributed by atoms with Gasteiger partial charge >= 0.3 is 0 Å². The van der Waals surface area contributed by atoms with Crippen molar-refractivity contribution in [2.75, 3.05) is 0 Å². The first-order chi connectivity index (χ1) is 8.45. The van der Waals surface area contributed by atoms with Gasteiger partial charge in [0, 0.05) is 22.9 Å². The first kappa shape index (κ1) is 15.6. The average molecular weight is 335 g/mol. The molecule has 102 valence electrons. The first-order valence-electron chi connectivity index (χ1n) is 6.08. The Morgan fingerprint density at radius 2 is 2.11 bits per heavy atom. The van der Waals surface area contributed by atoms with E-state index in [1.54, 1.807) is 12.3 Å². The van der Waals surface area contributed by atoms with Gasteiger partial charge < -0.3 is 0 Å². The zero-order chi connectivity index (χ0) is 13.6. The molecule has 0 aliphatic carbocycles. The molecule has 1 rings (SSSR count). The van der Waals surface area contributed by atoms with Crippen LogP contribution in [0, 0.1) is 0 Å². The molecule has 1 unspecified atom stereocenters. The third-order valence-corrected chi connectivity index (χ3v) is 4.58. The summed E-state index contributed by atoms with van der Waals surface area (Å²) in [5, 5.41) is 0. The van der Waals surface area contributed by atoms with Crippen LogP contribution in [0.1, 0.15) is 39.5 Å². The number of aromatic nitrogens is 1. The molecule has 0 aromatic carbocycles. The van der Waals surface area contributed by atoms with Gasteiger partial charge in [-0.15, -0.1) is 0 Å². The van der Waals surface area contributed by atoms with Crippen molar-refractivity contribution in [2.24, 2.45) is 0 Å². The molecule has 1 atom stereocenters. The van der Waals surface area contributed by atoms with Crippen LogP contribution in [-0.4, -0.2) is 19.4 Å². The second-order valence-corrected chi connectivity index (χ2v) is 6.99. The Morgan fingerprint density at radius 3 is 2.72 bits per heavy atom. The number of hydrogen-bond donors (Lipinski definition) is 1. The topological polar surface area (TPSA) is 59.1 Å². The largest absolute Gasteiger partial charge is 0.262 e. The van der Waals surface area contributed by atoms with Gasteiger partial charge in [-0.05, 0) is 35.3 Å². The van der Waals surface area contributed by atoms with Crippen LogP contribution < -0.4 is 4.72 Å². The molecular formula is C12H19BrN2O2S. The van der Waals surface area contributed by atoms with Gasteiger partial charge in [0.25, 0.3) is 0 Å². The highest BCUT2D eigenvalue weighted by Crippen LogP contribution is 2.15. The van der Waals surface area contributed by atoms with Crippen LogP contribution in [0.5, 0.6) is 0 Å². The van der Waals surface area contributed by atoms with Crippen LogP contribution in [0.2, 0.25) is 0 Å². The number of sulfonamides is 1. The van der Waals surface area contributed by atoms with Crippen molar-refractivity contribution in [3.63, 3.8) is 0 Å². The van der Waals surface area contributed by atoms with Gasteiger partial charge in [0.1, 0.15) is 4.90 Å². The lowest BCUT2D eigenvalue weighted by molar-refractivity contribution is 0.527. The van der Waals surface area contributed by atoms with Crippen molar-refractivity contribution in [2.45, 2.75) is 50.5 Å². The summed E-state index contributed by atoms with van der Waals surface area (Å²) in [5.41, 5.74) is 0. The predicted octanol–water partition coefficient (Wildman–Crippen LogP) is 3.09. The zero-order valence-electron chi connectivity index (χ0n) is 10.7. The van der Waals surface area contributed by atoms with Crippen molar-refractivity contribution in [1.29, 1.82) is 0 Å². The number of halogens is 1. The number of rotatable bonds is 7. The molecule has 0 saturated carbocycles. The number of nitrogens with zero attached hydrogens (tertiary/aromatic N) is 1. The predicted molar refractivity (Wildman–Crippen MR) is 75.9 cm³/mol. The molecule has 0 radical (unpaired) electrons. The van der Waals surface area contributed by atoms with Crippen LogP contribution in [0.3, 0.4) is 0 Å². The van der Waals surface area contributed by atoms with Gasteiger partial charge in [0.15, 0.2) is 0 Å². The Hall–Kier alpha value is -0.460. The second kappa shape index (κ2) is 7.21. The molecule has 0 aliphatic heterocycles. The second-order valence-electron chi connectivity index (χ2n) is 4.36. The van der Waals surface area contributed by atoms with Crippen LogP contribution >= 0.6 is 15.9 Å². The van der Waals surface area contributed by atoms with Gasteiger partial charge in [-0.1, -0.05) is 26.2 Å². The summed E-state index contributed by atoms with van der Waals surface area (Å²) < 4.78 is 27.4. The van der Waals surface area contributed by atoms with E-state index >= 15 is 0 Å². The maximum Gasteiger partial charge on any atom is 0.242 e. The molecule has 1 aromatic heterocycles. The summed E-state index contributed by atoms with van der Waals surface area (Å²) in [7, 11) is -3.46. The van der Waals surface area contributed by atoms with E-state index in [0.717, 1.165) is 25.7 Å². The van der Waals surface area contributed by atoms with E-state index in [9.17, 15) is 8.42 Å². The Bertz CT molecular complexity index is 477. The molecule has 18 heavy (non-hydrogen) atoms. The minimum atomic E-state index is -3.46. The van der Waals surface area contributed by atoms with E-state index in [1.165, 1.54) is 6.20 Å². The summed E-state index contributed by atoms with van der Waals surface area (Å²) in [6.07, 6.45) is 7.07. The van der Waals surface area contributed by atoms with Crippen LogP contribution in [0.25, 0.3) is 0 Å².